The quantitative estimate of drug-likeness (QED) is 0.622. The largest absolute Gasteiger partial charge is 0.446 e. The number of nitrogens with zero attached hydrogens (tertiary/aromatic N) is 3. The van der Waals surface area contributed by atoms with Crippen LogP contribution in [0.25, 0.3) is 11.1 Å². The van der Waals surface area contributed by atoms with Gasteiger partial charge in [-0.05, 0) is 75.4 Å². The second-order valence-electron chi connectivity index (χ2n) is 11.1. The predicted octanol–water partition coefficient (Wildman–Crippen LogP) is 4.20. The number of rotatable bonds is 5. The summed E-state index contributed by atoms with van der Waals surface area (Å²) in [6.45, 7) is 8.53. The number of nitrogens with one attached hydrogen (secondary N) is 1. The smallest absolute Gasteiger partial charge is 0.414 e. The summed E-state index contributed by atoms with van der Waals surface area (Å²) >= 11 is 0. The Labute approximate surface area is 229 Å². The summed E-state index contributed by atoms with van der Waals surface area (Å²) in [5.74, 6) is 0.0159. The molecule has 206 valence electrons. The Morgan fingerprint density at radius 2 is 1.62 bits per heavy atom. The highest BCUT2D eigenvalue weighted by atomic mass is 16.6. The Kier molecular flexibility index (Phi) is 7.34. The topological polar surface area (TPSA) is 99.3 Å². The minimum atomic E-state index is -0.433. The fourth-order valence-electron chi connectivity index (χ4n) is 5.44. The molecular weight excluding hydrogens is 496 g/mol. The minimum Gasteiger partial charge on any atom is -0.446 e. The molecule has 2 aliphatic heterocycles. The fourth-order valence-corrected chi connectivity index (χ4v) is 5.44. The average molecular weight is 533 g/mol. The van der Waals surface area contributed by atoms with E-state index in [4.69, 9.17) is 4.74 Å². The first-order valence-electron chi connectivity index (χ1n) is 13.7. The van der Waals surface area contributed by atoms with E-state index in [-0.39, 0.29) is 41.8 Å². The molecule has 0 radical (unpaired) electrons. The molecule has 1 N–H and O–H groups in total. The first-order valence-corrected chi connectivity index (χ1v) is 13.7. The zero-order chi connectivity index (χ0) is 27.8. The molecule has 9 nitrogen and oxygen atoms in total. The van der Waals surface area contributed by atoms with Gasteiger partial charge in [0.15, 0.2) is 0 Å². The van der Waals surface area contributed by atoms with Gasteiger partial charge in [0.05, 0.1) is 23.5 Å². The highest BCUT2D eigenvalue weighted by molar-refractivity contribution is 6.05. The van der Waals surface area contributed by atoms with Crippen LogP contribution in [0.1, 0.15) is 57.3 Å². The van der Waals surface area contributed by atoms with E-state index in [0.29, 0.717) is 36.6 Å². The zero-order valence-corrected chi connectivity index (χ0v) is 23.0. The Balaban J connectivity index is 1.40. The van der Waals surface area contributed by atoms with Crippen molar-refractivity contribution < 1.29 is 23.9 Å². The number of ether oxygens (including phenoxy) is 1. The van der Waals surface area contributed by atoms with E-state index in [2.05, 4.69) is 5.32 Å². The molecule has 0 spiro atoms. The van der Waals surface area contributed by atoms with Crippen LogP contribution in [0.2, 0.25) is 0 Å². The van der Waals surface area contributed by atoms with Crippen molar-refractivity contribution in [2.24, 2.45) is 5.92 Å². The average Bonchev–Trinajstić information content (AvgIpc) is 3.65. The lowest BCUT2D eigenvalue weighted by Gasteiger charge is -2.41. The number of amides is 4. The molecule has 2 aromatic rings. The van der Waals surface area contributed by atoms with E-state index >= 15 is 0 Å². The maximum Gasteiger partial charge on any atom is 0.414 e. The van der Waals surface area contributed by atoms with E-state index in [0.717, 1.165) is 30.4 Å². The molecule has 2 unspecified atom stereocenters. The lowest BCUT2D eigenvalue weighted by Crippen LogP contribution is -2.52. The van der Waals surface area contributed by atoms with Crippen molar-refractivity contribution in [3.05, 3.63) is 48.0 Å². The molecule has 2 heterocycles. The molecule has 3 aliphatic rings. The third-order valence-electron chi connectivity index (χ3n) is 7.48. The summed E-state index contributed by atoms with van der Waals surface area (Å²) in [6, 6.07) is 13.0. The van der Waals surface area contributed by atoms with Crippen LogP contribution in [-0.2, 0) is 14.3 Å². The maximum absolute atomic E-state index is 13.2. The highest BCUT2D eigenvalue weighted by Gasteiger charge is 2.41. The van der Waals surface area contributed by atoms with Crippen molar-refractivity contribution in [2.75, 3.05) is 29.4 Å². The fraction of sp³-hybridized carbons (Fsp3) is 0.467. The maximum atomic E-state index is 13.2. The monoisotopic (exact) mass is 532 g/mol. The van der Waals surface area contributed by atoms with Gasteiger partial charge in [0.1, 0.15) is 0 Å². The molecule has 4 amide bonds. The lowest BCUT2D eigenvalue weighted by atomic mass is 9.99. The van der Waals surface area contributed by atoms with Crippen molar-refractivity contribution in [1.29, 1.82) is 0 Å². The Morgan fingerprint density at radius 1 is 0.923 bits per heavy atom. The van der Waals surface area contributed by atoms with E-state index in [9.17, 15) is 19.2 Å². The van der Waals surface area contributed by atoms with Crippen LogP contribution in [-0.4, -0.2) is 66.5 Å². The van der Waals surface area contributed by atoms with Gasteiger partial charge in [0.25, 0.3) is 5.91 Å². The summed E-state index contributed by atoms with van der Waals surface area (Å²) in [6.07, 6.45) is 1.86. The van der Waals surface area contributed by atoms with Gasteiger partial charge in [-0.15, -0.1) is 0 Å². The van der Waals surface area contributed by atoms with E-state index in [1.54, 1.807) is 21.9 Å². The third-order valence-corrected chi connectivity index (χ3v) is 7.48. The molecular formula is C30H36N4O5. The summed E-state index contributed by atoms with van der Waals surface area (Å²) in [4.78, 5) is 55.8. The second kappa shape index (κ2) is 10.7. The number of likely N-dealkylation sites (tertiary alicyclic amines) is 1. The SMILES string of the molecule is CC(=O)NC1CCN(C(=O)c2ccc(-c3ccc4c(c3)N(C(=O)OC(C)C)CC(C)N4C(=O)C3CC3)cc2)C1. The molecule has 2 aromatic carbocycles. The van der Waals surface area contributed by atoms with Gasteiger partial charge in [-0.1, -0.05) is 18.2 Å². The molecule has 2 atom stereocenters. The molecule has 1 saturated heterocycles. The molecule has 1 aliphatic carbocycles. The second-order valence-corrected chi connectivity index (χ2v) is 11.1. The Hall–Kier alpha value is -3.88. The standard InChI is InChI=1S/C30H36N4O5/c1-18(2)39-30(38)33-16-19(3)34(29(37)23-9-10-23)26-12-11-24(15-27(26)33)21-5-7-22(8-6-21)28(36)32-14-13-25(17-32)31-20(4)35/h5-8,11-12,15,18-19,23,25H,9-10,13-14,16-17H2,1-4H3,(H,31,35). The summed E-state index contributed by atoms with van der Waals surface area (Å²) in [5.41, 5.74) is 3.70. The molecule has 9 heteroatoms. The van der Waals surface area contributed by atoms with Gasteiger partial charge in [-0.3, -0.25) is 19.3 Å². The van der Waals surface area contributed by atoms with Crippen LogP contribution < -0.4 is 15.1 Å². The normalized spacial score (nSPS) is 20.6. The van der Waals surface area contributed by atoms with Crippen LogP contribution in [0.3, 0.4) is 0 Å². The van der Waals surface area contributed by atoms with Crippen molar-refractivity contribution in [3.8, 4) is 11.1 Å². The number of benzene rings is 2. The molecule has 1 saturated carbocycles. The van der Waals surface area contributed by atoms with Crippen molar-refractivity contribution in [3.63, 3.8) is 0 Å². The molecule has 0 bridgehead atoms. The Morgan fingerprint density at radius 3 is 2.26 bits per heavy atom. The number of fused-ring (bicyclic) bond motifs is 1. The summed E-state index contributed by atoms with van der Waals surface area (Å²) in [7, 11) is 0. The number of carbonyl (C=O) groups is 4. The van der Waals surface area contributed by atoms with Gasteiger partial charge in [0.2, 0.25) is 11.8 Å². The molecule has 2 fully saturated rings. The first-order chi connectivity index (χ1) is 18.6. The van der Waals surface area contributed by atoms with Crippen LogP contribution in [0, 0.1) is 5.92 Å². The number of hydrogen-bond donors (Lipinski definition) is 1. The van der Waals surface area contributed by atoms with Crippen molar-refractivity contribution in [2.45, 2.75) is 65.1 Å². The third kappa shape index (κ3) is 5.62. The molecule has 5 rings (SSSR count). The summed E-state index contributed by atoms with van der Waals surface area (Å²) in [5, 5.41) is 2.88. The number of carbonyl (C=O) groups excluding carboxylic acids is 4. The minimum absolute atomic E-state index is 0.0133. The van der Waals surface area contributed by atoms with E-state index in [1.807, 2.05) is 56.0 Å². The molecule has 0 aromatic heterocycles. The van der Waals surface area contributed by atoms with Crippen molar-refractivity contribution in [1.82, 2.24) is 10.2 Å². The van der Waals surface area contributed by atoms with Crippen LogP contribution in [0.15, 0.2) is 42.5 Å². The number of hydrogen-bond acceptors (Lipinski definition) is 5. The molecule has 39 heavy (non-hydrogen) atoms. The highest BCUT2D eigenvalue weighted by Crippen LogP contribution is 2.42. The predicted molar refractivity (Wildman–Crippen MR) is 149 cm³/mol. The van der Waals surface area contributed by atoms with Crippen LogP contribution in [0.4, 0.5) is 16.2 Å². The summed E-state index contributed by atoms with van der Waals surface area (Å²) < 4.78 is 5.53. The first kappa shape index (κ1) is 26.7. The number of anilines is 2. The van der Waals surface area contributed by atoms with Crippen LogP contribution >= 0.6 is 0 Å². The van der Waals surface area contributed by atoms with E-state index < -0.39 is 6.09 Å². The zero-order valence-electron chi connectivity index (χ0n) is 23.0. The van der Waals surface area contributed by atoms with E-state index in [1.165, 1.54) is 6.92 Å². The Bertz CT molecular complexity index is 1290. The van der Waals surface area contributed by atoms with Crippen molar-refractivity contribution >= 4 is 35.2 Å². The van der Waals surface area contributed by atoms with Gasteiger partial charge in [-0.2, -0.15) is 0 Å². The van der Waals surface area contributed by atoms with Gasteiger partial charge < -0.3 is 19.9 Å². The van der Waals surface area contributed by atoms with Gasteiger partial charge >= 0.3 is 6.09 Å². The lowest BCUT2D eigenvalue weighted by molar-refractivity contribution is -0.120. The van der Waals surface area contributed by atoms with Crippen LogP contribution in [0.5, 0.6) is 0 Å². The van der Waals surface area contributed by atoms with Gasteiger partial charge in [-0.25, -0.2) is 4.79 Å². The van der Waals surface area contributed by atoms with Gasteiger partial charge in [0, 0.05) is 44.1 Å².